The van der Waals surface area contributed by atoms with Gasteiger partial charge in [-0.25, -0.2) is 0 Å². The summed E-state index contributed by atoms with van der Waals surface area (Å²) in [5.41, 5.74) is 2.25. The molecule has 0 aliphatic carbocycles. The van der Waals surface area contributed by atoms with E-state index in [1.165, 1.54) is 5.56 Å². The molecule has 0 radical (unpaired) electrons. The summed E-state index contributed by atoms with van der Waals surface area (Å²) in [5, 5.41) is 2.96. The Bertz CT molecular complexity index is 727. The smallest absolute Gasteiger partial charge is 0.231 e. The van der Waals surface area contributed by atoms with Crippen LogP contribution in [0.1, 0.15) is 24.5 Å². The summed E-state index contributed by atoms with van der Waals surface area (Å²) in [5.74, 6) is 2.33. The van der Waals surface area contributed by atoms with E-state index in [2.05, 4.69) is 5.32 Å². The van der Waals surface area contributed by atoms with Crippen LogP contribution in [0.5, 0.6) is 17.2 Å². The van der Waals surface area contributed by atoms with Crippen LogP contribution in [0.3, 0.4) is 0 Å². The average Bonchev–Trinajstić information content (AvgIpc) is 3.07. The van der Waals surface area contributed by atoms with E-state index < -0.39 is 0 Å². The van der Waals surface area contributed by atoms with E-state index in [1.807, 2.05) is 56.3 Å². The molecule has 3 rings (SSSR count). The number of hydrogen-bond acceptors (Lipinski definition) is 4. The van der Waals surface area contributed by atoms with E-state index in [0.29, 0.717) is 19.4 Å². The molecule has 0 fully saturated rings. The topological polar surface area (TPSA) is 56.8 Å². The number of carbonyl (C=O) groups is 1. The fourth-order valence-electron chi connectivity index (χ4n) is 2.60. The summed E-state index contributed by atoms with van der Waals surface area (Å²) < 4.78 is 16.3. The Kier molecular flexibility index (Phi) is 5.43. The minimum Gasteiger partial charge on any atom is -0.491 e. The normalized spacial score (nSPS) is 13.4. The van der Waals surface area contributed by atoms with Gasteiger partial charge in [-0.2, -0.15) is 0 Å². The van der Waals surface area contributed by atoms with E-state index in [1.54, 1.807) is 0 Å². The lowest BCUT2D eigenvalue weighted by atomic mass is 10.1. The van der Waals surface area contributed by atoms with Crippen LogP contribution in [-0.4, -0.2) is 25.3 Å². The third-order valence-electron chi connectivity index (χ3n) is 4.01. The summed E-state index contributed by atoms with van der Waals surface area (Å²) in [7, 11) is 0. The lowest BCUT2D eigenvalue weighted by Gasteiger charge is -2.15. The Morgan fingerprint density at radius 3 is 2.72 bits per heavy atom. The van der Waals surface area contributed by atoms with Crippen LogP contribution in [0.4, 0.5) is 0 Å². The quantitative estimate of drug-likeness (QED) is 0.840. The summed E-state index contributed by atoms with van der Waals surface area (Å²) in [6.07, 6.45) is 1.09. The van der Waals surface area contributed by atoms with Crippen LogP contribution < -0.4 is 19.5 Å². The monoisotopic (exact) mass is 341 g/mol. The molecule has 1 unspecified atom stereocenters. The second-order valence-corrected chi connectivity index (χ2v) is 6.28. The SMILES string of the molecule is Cc1ccc(OCC(C)NC(=O)CCc2ccc3c(c2)OCO3)cc1. The van der Waals surface area contributed by atoms with Gasteiger partial charge < -0.3 is 19.5 Å². The van der Waals surface area contributed by atoms with Gasteiger partial charge in [-0.3, -0.25) is 4.79 Å². The van der Waals surface area contributed by atoms with Crippen molar-refractivity contribution in [2.45, 2.75) is 32.7 Å². The van der Waals surface area contributed by atoms with Gasteiger partial charge in [0.2, 0.25) is 12.7 Å². The van der Waals surface area contributed by atoms with Gasteiger partial charge in [-0.05, 0) is 50.1 Å². The molecule has 5 heteroatoms. The van der Waals surface area contributed by atoms with Crippen LogP contribution in [-0.2, 0) is 11.2 Å². The van der Waals surface area contributed by atoms with E-state index in [9.17, 15) is 4.79 Å². The van der Waals surface area contributed by atoms with Crippen LogP contribution in [0.15, 0.2) is 42.5 Å². The first-order chi connectivity index (χ1) is 12.1. The van der Waals surface area contributed by atoms with Gasteiger partial charge in [0.05, 0.1) is 6.04 Å². The predicted molar refractivity (Wildman–Crippen MR) is 95.2 cm³/mol. The molecule has 2 aromatic rings. The van der Waals surface area contributed by atoms with Crippen molar-refractivity contribution in [3.8, 4) is 17.2 Å². The maximum Gasteiger partial charge on any atom is 0.231 e. The van der Waals surface area contributed by atoms with Crippen molar-refractivity contribution in [1.82, 2.24) is 5.32 Å². The van der Waals surface area contributed by atoms with E-state index in [4.69, 9.17) is 14.2 Å². The highest BCUT2D eigenvalue weighted by atomic mass is 16.7. The Morgan fingerprint density at radius 2 is 1.92 bits per heavy atom. The van der Waals surface area contributed by atoms with Gasteiger partial charge in [0, 0.05) is 6.42 Å². The second-order valence-electron chi connectivity index (χ2n) is 6.28. The number of fused-ring (bicyclic) bond motifs is 1. The molecule has 0 aromatic heterocycles. The van der Waals surface area contributed by atoms with Crippen molar-refractivity contribution < 1.29 is 19.0 Å². The van der Waals surface area contributed by atoms with Gasteiger partial charge in [0.25, 0.3) is 0 Å². The Hall–Kier alpha value is -2.69. The summed E-state index contributed by atoms with van der Waals surface area (Å²) in [4.78, 5) is 12.1. The van der Waals surface area contributed by atoms with Crippen LogP contribution in [0.2, 0.25) is 0 Å². The lowest BCUT2D eigenvalue weighted by Crippen LogP contribution is -2.36. The van der Waals surface area contributed by atoms with Crippen molar-refractivity contribution >= 4 is 5.91 Å². The van der Waals surface area contributed by atoms with Gasteiger partial charge in [0.1, 0.15) is 12.4 Å². The summed E-state index contributed by atoms with van der Waals surface area (Å²) in [6, 6.07) is 13.6. The van der Waals surface area contributed by atoms with Gasteiger partial charge in [-0.15, -0.1) is 0 Å². The van der Waals surface area contributed by atoms with Crippen LogP contribution >= 0.6 is 0 Å². The Labute approximate surface area is 147 Å². The van der Waals surface area contributed by atoms with Gasteiger partial charge in [0.15, 0.2) is 11.5 Å². The molecule has 1 aliphatic heterocycles. The number of hydrogen-bond donors (Lipinski definition) is 1. The fourth-order valence-corrected chi connectivity index (χ4v) is 2.60. The summed E-state index contributed by atoms with van der Waals surface area (Å²) >= 11 is 0. The molecule has 1 N–H and O–H groups in total. The van der Waals surface area contributed by atoms with Gasteiger partial charge in [-0.1, -0.05) is 23.8 Å². The highest BCUT2D eigenvalue weighted by Crippen LogP contribution is 2.32. The number of nitrogens with one attached hydrogen (secondary N) is 1. The molecule has 0 bridgehead atoms. The molecule has 1 heterocycles. The molecular weight excluding hydrogens is 318 g/mol. The van der Waals surface area contributed by atoms with Crippen molar-refractivity contribution in [1.29, 1.82) is 0 Å². The van der Waals surface area contributed by atoms with Crippen LogP contribution in [0.25, 0.3) is 0 Å². The summed E-state index contributed by atoms with van der Waals surface area (Å²) in [6.45, 7) is 4.68. The molecule has 132 valence electrons. The first-order valence-electron chi connectivity index (χ1n) is 8.47. The van der Waals surface area contributed by atoms with Crippen molar-refractivity contribution in [3.05, 3.63) is 53.6 Å². The Morgan fingerprint density at radius 1 is 1.16 bits per heavy atom. The van der Waals surface area contributed by atoms with Crippen molar-refractivity contribution in [3.63, 3.8) is 0 Å². The molecule has 1 aliphatic rings. The second kappa shape index (κ2) is 7.92. The predicted octanol–water partition coefficient (Wildman–Crippen LogP) is 3.24. The minimum absolute atomic E-state index is 0.0117. The molecule has 1 atom stereocenters. The maximum absolute atomic E-state index is 12.1. The first kappa shape index (κ1) is 17.1. The highest BCUT2D eigenvalue weighted by Gasteiger charge is 2.14. The molecule has 0 saturated heterocycles. The maximum atomic E-state index is 12.1. The van der Waals surface area contributed by atoms with Crippen LogP contribution in [0, 0.1) is 6.92 Å². The Balaban J connectivity index is 1.40. The van der Waals surface area contributed by atoms with Crippen molar-refractivity contribution in [2.75, 3.05) is 13.4 Å². The number of amides is 1. The first-order valence-corrected chi connectivity index (χ1v) is 8.47. The largest absolute Gasteiger partial charge is 0.491 e. The number of aryl methyl sites for hydroxylation is 2. The molecule has 25 heavy (non-hydrogen) atoms. The number of rotatable bonds is 7. The zero-order valence-corrected chi connectivity index (χ0v) is 14.6. The fraction of sp³-hybridized carbons (Fsp3) is 0.350. The standard InChI is InChI=1S/C20H23NO4/c1-14-3-7-17(8-4-14)23-12-15(2)21-20(22)10-6-16-5-9-18-19(11-16)25-13-24-18/h3-5,7-9,11,15H,6,10,12-13H2,1-2H3,(H,21,22). The molecule has 0 spiro atoms. The molecule has 1 amide bonds. The number of ether oxygens (including phenoxy) is 3. The van der Waals surface area contributed by atoms with Crippen molar-refractivity contribution in [2.24, 2.45) is 0 Å². The van der Waals surface area contributed by atoms with Gasteiger partial charge >= 0.3 is 0 Å². The third kappa shape index (κ3) is 4.89. The van der Waals surface area contributed by atoms with E-state index in [-0.39, 0.29) is 18.7 Å². The van der Waals surface area contributed by atoms with E-state index >= 15 is 0 Å². The number of benzene rings is 2. The zero-order chi connectivity index (χ0) is 17.6. The average molecular weight is 341 g/mol. The zero-order valence-electron chi connectivity index (χ0n) is 14.6. The molecule has 5 nitrogen and oxygen atoms in total. The number of carbonyl (C=O) groups excluding carboxylic acids is 1. The lowest BCUT2D eigenvalue weighted by molar-refractivity contribution is -0.121. The van der Waals surface area contributed by atoms with E-state index in [0.717, 1.165) is 22.8 Å². The third-order valence-corrected chi connectivity index (χ3v) is 4.01. The molecular formula is C20H23NO4. The molecule has 0 saturated carbocycles. The molecule has 2 aromatic carbocycles. The minimum atomic E-state index is -0.0504. The highest BCUT2D eigenvalue weighted by molar-refractivity contribution is 5.76.